The van der Waals surface area contributed by atoms with Crippen LogP contribution in [0, 0.1) is 0 Å². The summed E-state index contributed by atoms with van der Waals surface area (Å²) in [6.45, 7) is 1.76. The Kier molecular flexibility index (Phi) is 4.86. The summed E-state index contributed by atoms with van der Waals surface area (Å²) >= 11 is 11.9. The van der Waals surface area contributed by atoms with Crippen LogP contribution >= 0.6 is 23.2 Å². The van der Waals surface area contributed by atoms with Crippen LogP contribution in [-0.4, -0.2) is 15.3 Å². The molecule has 0 unspecified atom stereocenters. The van der Waals surface area contributed by atoms with Crippen molar-refractivity contribution in [1.82, 2.24) is 9.38 Å². The summed E-state index contributed by atoms with van der Waals surface area (Å²) in [6.07, 6.45) is -3.31. The Morgan fingerprint density at radius 3 is 2.62 bits per heavy atom. The van der Waals surface area contributed by atoms with Crippen molar-refractivity contribution >= 4 is 40.4 Å². The highest BCUT2D eigenvalue weighted by molar-refractivity contribution is 6.35. The van der Waals surface area contributed by atoms with Gasteiger partial charge in [-0.25, -0.2) is 4.98 Å². The lowest BCUT2D eigenvalue weighted by Crippen LogP contribution is -2.17. The number of halogens is 5. The molecule has 3 aromatic rings. The number of amides is 1. The van der Waals surface area contributed by atoms with Crippen molar-refractivity contribution in [1.29, 1.82) is 0 Å². The van der Waals surface area contributed by atoms with E-state index in [-0.39, 0.29) is 22.1 Å². The third kappa shape index (κ3) is 3.50. The number of nitrogens with one attached hydrogen (secondary N) is 1. The zero-order chi connectivity index (χ0) is 19.1. The molecule has 2 aromatic heterocycles. The molecule has 0 fully saturated rings. The van der Waals surface area contributed by atoms with Gasteiger partial charge in [-0.05, 0) is 36.8 Å². The van der Waals surface area contributed by atoms with Crippen LogP contribution in [-0.2, 0) is 12.6 Å². The minimum atomic E-state index is -4.53. The van der Waals surface area contributed by atoms with Crippen molar-refractivity contribution in [2.45, 2.75) is 19.5 Å². The second-order valence-electron chi connectivity index (χ2n) is 5.48. The van der Waals surface area contributed by atoms with E-state index < -0.39 is 17.6 Å². The van der Waals surface area contributed by atoms with Crippen molar-refractivity contribution < 1.29 is 18.0 Å². The standard InChI is InChI=1S/C17H12Cl2F3N3O/c1-2-12-15(16(26)24-13-7-10(18)4-5-11(13)19)25-8-9(17(20,21)22)3-6-14(25)23-12/h3-8H,2H2,1H3,(H,24,26). The molecular formula is C17H12Cl2F3N3O. The van der Waals surface area contributed by atoms with Crippen LogP contribution in [0.25, 0.3) is 5.65 Å². The van der Waals surface area contributed by atoms with E-state index in [1.807, 2.05) is 0 Å². The molecule has 0 radical (unpaired) electrons. The molecule has 2 heterocycles. The molecule has 1 N–H and O–H groups in total. The lowest BCUT2D eigenvalue weighted by Gasteiger charge is -2.10. The maximum atomic E-state index is 13.0. The van der Waals surface area contributed by atoms with E-state index in [1.165, 1.54) is 18.2 Å². The molecule has 0 atom stereocenters. The highest BCUT2D eigenvalue weighted by Gasteiger charge is 2.32. The van der Waals surface area contributed by atoms with Crippen molar-refractivity contribution in [3.63, 3.8) is 0 Å². The third-order valence-corrected chi connectivity index (χ3v) is 4.31. The van der Waals surface area contributed by atoms with Gasteiger partial charge in [-0.2, -0.15) is 13.2 Å². The first-order valence-corrected chi connectivity index (χ1v) is 8.31. The van der Waals surface area contributed by atoms with Crippen LogP contribution in [0.3, 0.4) is 0 Å². The number of aryl methyl sites for hydroxylation is 1. The molecule has 0 aliphatic carbocycles. The van der Waals surface area contributed by atoms with E-state index in [1.54, 1.807) is 13.0 Å². The van der Waals surface area contributed by atoms with Gasteiger partial charge in [0.05, 0.1) is 22.0 Å². The molecule has 0 aliphatic rings. The van der Waals surface area contributed by atoms with Crippen molar-refractivity contribution in [3.8, 4) is 0 Å². The summed E-state index contributed by atoms with van der Waals surface area (Å²) in [6, 6.07) is 6.68. The Balaban J connectivity index is 2.10. The molecule has 4 nitrogen and oxygen atoms in total. The second kappa shape index (κ2) is 6.81. The number of carbonyl (C=O) groups excluding carboxylic acids is 1. The fraction of sp³-hybridized carbons (Fsp3) is 0.176. The summed E-state index contributed by atoms with van der Waals surface area (Å²) in [5.74, 6) is -0.627. The van der Waals surface area contributed by atoms with Crippen LogP contribution in [0.4, 0.5) is 18.9 Å². The number of benzene rings is 1. The molecule has 0 aliphatic heterocycles. The van der Waals surface area contributed by atoms with Gasteiger partial charge >= 0.3 is 6.18 Å². The molecule has 0 spiro atoms. The van der Waals surface area contributed by atoms with Crippen LogP contribution < -0.4 is 5.32 Å². The molecule has 1 amide bonds. The zero-order valence-electron chi connectivity index (χ0n) is 13.4. The number of imidazole rings is 1. The number of anilines is 1. The molecule has 3 rings (SSSR count). The third-order valence-electron chi connectivity index (χ3n) is 3.74. The monoisotopic (exact) mass is 401 g/mol. The first-order valence-electron chi connectivity index (χ1n) is 7.55. The predicted octanol–water partition coefficient (Wildman–Crippen LogP) is 5.47. The number of rotatable bonds is 3. The summed E-state index contributed by atoms with van der Waals surface area (Å²) in [5.41, 5.74) is 0.0230. The fourth-order valence-corrected chi connectivity index (χ4v) is 2.86. The highest BCUT2D eigenvalue weighted by atomic mass is 35.5. The lowest BCUT2D eigenvalue weighted by atomic mass is 10.2. The quantitative estimate of drug-likeness (QED) is 0.631. The van der Waals surface area contributed by atoms with E-state index in [9.17, 15) is 18.0 Å². The van der Waals surface area contributed by atoms with Crippen LogP contribution in [0.15, 0.2) is 36.5 Å². The minimum absolute atomic E-state index is 0.0182. The average molecular weight is 402 g/mol. The highest BCUT2D eigenvalue weighted by Crippen LogP contribution is 2.30. The largest absolute Gasteiger partial charge is 0.417 e. The number of fused-ring (bicyclic) bond motifs is 1. The lowest BCUT2D eigenvalue weighted by molar-refractivity contribution is -0.137. The molecule has 26 heavy (non-hydrogen) atoms. The smallest absolute Gasteiger partial charge is 0.319 e. The van der Waals surface area contributed by atoms with Gasteiger partial charge in [0.15, 0.2) is 0 Å². The normalized spacial score (nSPS) is 11.8. The Morgan fingerprint density at radius 2 is 1.96 bits per heavy atom. The molecular weight excluding hydrogens is 390 g/mol. The van der Waals surface area contributed by atoms with Crippen LogP contribution in [0.2, 0.25) is 10.0 Å². The molecule has 1 aromatic carbocycles. The number of nitrogens with zero attached hydrogens (tertiary/aromatic N) is 2. The number of pyridine rings is 1. The van der Waals surface area contributed by atoms with Gasteiger partial charge in [-0.1, -0.05) is 30.1 Å². The van der Waals surface area contributed by atoms with E-state index in [0.29, 0.717) is 17.1 Å². The van der Waals surface area contributed by atoms with E-state index in [4.69, 9.17) is 23.2 Å². The molecule has 0 bridgehead atoms. The Hall–Kier alpha value is -2.25. The number of hydrogen-bond acceptors (Lipinski definition) is 2. The maximum absolute atomic E-state index is 13.0. The minimum Gasteiger partial charge on any atom is -0.319 e. The summed E-state index contributed by atoms with van der Waals surface area (Å²) in [4.78, 5) is 17.0. The van der Waals surface area contributed by atoms with Gasteiger partial charge in [-0.15, -0.1) is 0 Å². The van der Waals surface area contributed by atoms with Gasteiger partial charge in [0.2, 0.25) is 0 Å². The van der Waals surface area contributed by atoms with Crippen molar-refractivity contribution in [3.05, 3.63) is 63.5 Å². The van der Waals surface area contributed by atoms with Gasteiger partial charge in [0.1, 0.15) is 11.3 Å². The summed E-state index contributed by atoms with van der Waals surface area (Å²) in [5, 5.41) is 3.20. The molecule has 0 saturated heterocycles. The number of alkyl halides is 3. The molecule has 0 saturated carbocycles. The average Bonchev–Trinajstić information content (AvgIpc) is 2.95. The zero-order valence-corrected chi connectivity index (χ0v) is 14.9. The Morgan fingerprint density at radius 1 is 1.23 bits per heavy atom. The first kappa shape index (κ1) is 18.5. The maximum Gasteiger partial charge on any atom is 0.417 e. The predicted molar refractivity (Wildman–Crippen MR) is 94.0 cm³/mol. The van der Waals surface area contributed by atoms with Gasteiger partial charge in [0, 0.05) is 11.2 Å². The Labute approximate surface area is 156 Å². The van der Waals surface area contributed by atoms with Crippen molar-refractivity contribution in [2.24, 2.45) is 0 Å². The first-order chi connectivity index (χ1) is 12.2. The van der Waals surface area contributed by atoms with Crippen LogP contribution in [0.5, 0.6) is 0 Å². The van der Waals surface area contributed by atoms with E-state index in [0.717, 1.165) is 16.7 Å². The fourth-order valence-electron chi connectivity index (χ4n) is 2.52. The number of carbonyl (C=O) groups is 1. The van der Waals surface area contributed by atoms with Crippen LogP contribution in [0.1, 0.15) is 28.7 Å². The molecule has 136 valence electrons. The summed E-state index contributed by atoms with van der Waals surface area (Å²) < 4.78 is 40.2. The van der Waals surface area contributed by atoms with Gasteiger partial charge in [0.25, 0.3) is 5.91 Å². The Bertz CT molecular complexity index is 999. The second-order valence-corrected chi connectivity index (χ2v) is 6.33. The van der Waals surface area contributed by atoms with E-state index in [2.05, 4.69) is 10.3 Å². The number of aromatic nitrogens is 2. The SMILES string of the molecule is CCc1nc2ccc(C(F)(F)F)cn2c1C(=O)Nc1cc(Cl)ccc1Cl. The van der Waals surface area contributed by atoms with Crippen molar-refractivity contribution in [2.75, 3.05) is 5.32 Å². The van der Waals surface area contributed by atoms with E-state index >= 15 is 0 Å². The van der Waals surface area contributed by atoms with Gasteiger partial charge < -0.3 is 5.32 Å². The summed E-state index contributed by atoms with van der Waals surface area (Å²) in [7, 11) is 0. The molecule has 9 heteroatoms. The van der Waals surface area contributed by atoms with Gasteiger partial charge in [-0.3, -0.25) is 9.20 Å². The topological polar surface area (TPSA) is 46.4 Å². The number of hydrogen-bond donors (Lipinski definition) is 1.